The van der Waals surface area contributed by atoms with Crippen molar-refractivity contribution in [1.82, 2.24) is 42.1 Å². The lowest BCUT2D eigenvalue weighted by molar-refractivity contribution is -0.402. The molecule has 0 radical (unpaired) electrons. The van der Waals surface area contributed by atoms with Crippen molar-refractivity contribution in [3.63, 3.8) is 0 Å². The van der Waals surface area contributed by atoms with Crippen LogP contribution >= 0.6 is 11.6 Å². The predicted molar refractivity (Wildman–Crippen MR) is 327 cm³/mol. The second kappa shape index (κ2) is 31.2. The molecule has 2 aromatic carbocycles. The van der Waals surface area contributed by atoms with Crippen LogP contribution in [0.1, 0.15) is 49.7 Å². The molecule has 23 N–H and O–H groups in total. The van der Waals surface area contributed by atoms with Gasteiger partial charge >= 0.3 is 0 Å². The van der Waals surface area contributed by atoms with Gasteiger partial charge in [-0.1, -0.05) is 42.8 Å². The van der Waals surface area contributed by atoms with E-state index in [0.29, 0.717) is 23.4 Å². The Morgan fingerprint density at radius 1 is 0.649 bits per heavy atom. The third-order valence-electron chi connectivity index (χ3n) is 18.6. The minimum absolute atomic E-state index is 0.00936. The number of fused-ring (bicyclic) bond motifs is 1. The number of hydrogen-bond donors (Lipinski definition) is 21. The van der Waals surface area contributed by atoms with E-state index in [1.807, 2.05) is 0 Å². The monoisotopic (exact) mass is 1390 g/mol. The highest BCUT2D eigenvalue weighted by atomic mass is 35.5. The Morgan fingerprint density at radius 2 is 1.29 bits per heavy atom. The third-order valence-corrected chi connectivity index (χ3v) is 18.9. The molecule has 37 nitrogen and oxygen atoms in total. The molecule has 7 aliphatic heterocycles. The number of guanidine groups is 2. The minimum atomic E-state index is -2.35. The Bertz CT molecular complexity index is 3170. The molecule has 25 atom stereocenters. The number of hydrogen-bond acceptors (Lipinski definition) is 31. The Kier molecular flexibility index (Phi) is 23.4. The van der Waals surface area contributed by atoms with Crippen LogP contribution < -0.4 is 53.4 Å². The molecule has 1 saturated carbocycles. The molecule has 8 aliphatic rings. The summed E-state index contributed by atoms with van der Waals surface area (Å²) in [6.07, 6.45) is -26.5. The topological polar surface area (TPSA) is 574 Å². The number of ether oxygens (including phenoxy) is 7. The van der Waals surface area contributed by atoms with E-state index in [1.165, 1.54) is 36.4 Å². The number of halogens is 1. The molecule has 0 aromatic heterocycles. The van der Waals surface area contributed by atoms with Crippen LogP contribution in [-0.4, -0.2) is 312 Å². The number of nitrogens with two attached hydrogens (primary N) is 2. The average Bonchev–Trinajstić information content (AvgIpc) is 1.77. The van der Waals surface area contributed by atoms with Crippen LogP contribution in [0.3, 0.4) is 0 Å². The lowest BCUT2D eigenvalue weighted by Gasteiger charge is -2.50. The fourth-order valence-corrected chi connectivity index (χ4v) is 13.1. The van der Waals surface area contributed by atoms with Gasteiger partial charge in [0.1, 0.15) is 121 Å². The van der Waals surface area contributed by atoms with E-state index >= 15 is 9.59 Å². The minimum Gasteiger partial charge on any atom is -0.462 e. The van der Waals surface area contributed by atoms with Gasteiger partial charge in [0.15, 0.2) is 30.2 Å². The van der Waals surface area contributed by atoms with E-state index < -0.39 is 239 Å². The highest BCUT2D eigenvalue weighted by Gasteiger charge is 2.57. The molecule has 6 fully saturated rings. The summed E-state index contributed by atoms with van der Waals surface area (Å²) >= 11 is 6.20. The number of aliphatic hydroxyl groups excluding tert-OH is 12. The maximum absolute atomic E-state index is 15.2. The average molecular weight is 1400 g/mol. The van der Waals surface area contributed by atoms with Gasteiger partial charge in [-0.3, -0.25) is 38.8 Å². The van der Waals surface area contributed by atoms with Crippen molar-refractivity contribution in [2.75, 3.05) is 46.1 Å². The molecule has 1 aliphatic carbocycles. The number of nitrogens with one attached hydrogen (secondary N) is 7. The summed E-state index contributed by atoms with van der Waals surface area (Å²) in [5, 5.41) is 150. The fraction of sp³-hybridized carbons (Fsp3) is 0.661. The summed E-state index contributed by atoms with van der Waals surface area (Å²) in [4.78, 5) is 96.5. The first kappa shape index (κ1) is 72.9. The number of rotatable bonds is 16. The molecular formula is C59H83ClN12O25. The smallest absolute Gasteiger partial charge is 0.246 e. The third kappa shape index (κ3) is 15.9. The van der Waals surface area contributed by atoms with Gasteiger partial charge in [0, 0.05) is 30.2 Å². The SMILES string of the molecule is CC(c1ccc(Cl)cc1)C1NC(=O)CNC(=O)C(CO)NC(=O)C(C(O)C2CN=C(N)N2C2OC(CO)C(O)C(O)C2O)NC(=O)C(C(O)C2CN=C(N)N2)NC(=O)C(Cc2ccc(OC3OC(CO)C(OC4OC5COC6(CCCC6)OC5C(O)C4O)C(O)C3O)cc2)NC1=O. The second-order valence-electron chi connectivity index (χ2n) is 25.0. The zero-order valence-corrected chi connectivity index (χ0v) is 52.8. The largest absolute Gasteiger partial charge is 0.462 e. The fourth-order valence-electron chi connectivity index (χ4n) is 13.0. The van der Waals surface area contributed by atoms with Gasteiger partial charge in [-0.25, -0.2) is 0 Å². The maximum Gasteiger partial charge on any atom is 0.246 e. The number of aliphatic imine (C=N–C) groups is 2. The summed E-state index contributed by atoms with van der Waals surface area (Å²) in [7, 11) is 0. The maximum atomic E-state index is 15.2. The Balaban J connectivity index is 0.923. The molecule has 10 rings (SSSR count). The number of benzene rings is 2. The van der Waals surface area contributed by atoms with Gasteiger partial charge in [-0.2, -0.15) is 0 Å². The zero-order valence-electron chi connectivity index (χ0n) is 52.1. The lowest BCUT2D eigenvalue weighted by atomic mass is 9.92. The molecule has 25 unspecified atom stereocenters. The molecule has 536 valence electrons. The molecule has 0 bridgehead atoms. The molecule has 1 spiro atoms. The van der Waals surface area contributed by atoms with Crippen LogP contribution in [0, 0.1) is 0 Å². The molecule has 38 heteroatoms. The Hall–Kier alpha value is -6.83. The van der Waals surface area contributed by atoms with E-state index in [2.05, 4.69) is 47.2 Å². The van der Waals surface area contributed by atoms with E-state index in [-0.39, 0.29) is 30.4 Å². The van der Waals surface area contributed by atoms with Crippen molar-refractivity contribution in [3.8, 4) is 5.75 Å². The van der Waals surface area contributed by atoms with Crippen LogP contribution in [-0.2, 0) is 63.6 Å². The molecular weight excluding hydrogens is 1310 g/mol. The zero-order chi connectivity index (χ0) is 69.9. The number of carbonyl (C=O) groups excluding carboxylic acids is 6. The standard InChI is InChI=1S/C59H83ClN12O25/c1-22(24-6-8-25(60)9-7-24)35-51(88)66-27(14-23-4-10-26(11-5-23)92-55-45(84)42(81)47(32(20-75)94-55)96-56-46(85)43(82)48-33(95-56)21-91-59(97-48)12-2-3-13-59)50(87)70-36(38(77)28-15-64-57(61)68-28)53(90)71-37(52(89)67-29(18-73)49(86)63-17-34(76)69-35)39(78)30-16-65-58(62)72(30)54-44(83)41(80)40(79)31(19-74)93-54/h4-11,22,27-33,35-48,54-56,73-75,77-85H,2-3,12-21H2,1H3,(H2,62,65)(H,63,86)(H,66,88)(H,67,89)(H,69,76)(H,70,87)(H,71,90)(H3,61,64,68). The van der Waals surface area contributed by atoms with Gasteiger partial charge in [-0.15, -0.1) is 0 Å². The van der Waals surface area contributed by atoms with E-state index in [4.69, 9.17) is 56.2 Å². The van der Waals surface area contributed by atoms with E-state index in [9.17, 15) is 80.5 Å². The van der Waals surface area contributed by atoms with Crippen LogP contribution in [0.5, 0.6) is 5.75 Å². The van der Waals surface area contributed by atoms with Crippen LogP contribution in [0.15, 0.2) is 58.5 Å². The van der Waals surface area contributed by atoms with Crippen LogP contribution in [0.4, 0.5) is 0 Å². The molecule has 7 heterocycles. The first-order valence-electron chi connectivity index (χ1n) is 31.6. The first-order chi connectivity index (χ1) is 46.2. The van der Waals surface area contributed by atoms with Crippen molar-refractivity contribution < 1.29 is 123 Å². The van der Waals surface area contributed by atoms with Crippen molar-refractivity contribution in [2.24, 2.45) is 21.5 Å². The summed E-state index contributed by atoms with van der Waals surface area (Å²) < 4.78 is 41.5. The van der Waals surface area contributed by atoms with Gasteiger partial charge in [0.25, 0.3) is 0 Å². The first-order valence-corrected chi connectivity index (χ1v) is 31.9. The van der Waals surface area contributed by atoms with Gasteiger partial charge in [0.2, 0.25) is 41.7 Å². The number of nitrogens with zero attached hydrogens (tertiary/aromatic N) is 3. The quantitative estimate of drug-likeness (QED) is 0.0742. The Morgan fingerprint density at radius 3 is 1.95 bits per heavy atom. The van der Waals surface area contributed by atoms with Crippen LogP contribution in [0.2, 0.25) is 5.02 Å². The Labute approximate surface area is 557 Å². The van der Waals surface area contributed by atoms with Crippen LogP contribution in [0.25, 0.3) is 0 Å². The normalized spacial score (nSPS) is 37.9. The van der Waals surface area contributed by atoms with Gasteiger partial charge in [0.05, 0.1) is 58.1 Å². The molecule has 5 saturated heterocycles. The lowest BCUT2D eigenvalue weighted by Crippen LogP contribution is -2.70. The number of amides is 6. The van der Waals surface area contributed by atoms with E-state index in [0.717, 1.165) is 17.7 Å². The summed E-state index contributed by atoms with van der Waals surface area (Å²) in [5.74, 6) is -9.97. The molecule has 6 amide bonds. The summed E-state index contributed by atoms with van der Waals surface area (Å²) in [6, 6.07) is -1.26. The molecule has 97 heavy (non-hydrogen) atoms. The predicted octanol–water partition coefficient (Wildman–Crippen LogP) is -10.6. The van der Waals surface area contributed by atoms with Crippen molar-refractivity contribution in [3.05, 3.63) is 64.7 Å². The van der Waals surface area contributed by atoms with E-state index in [1.54, 1.807) is 19.1 Å². The molecule has 2 aromatic rings. The number of aliphatic hydroxyl groups is 12. The van der Waals surface area contributed by atoms with Crippen molar-refractivity contribution in [2.45, 2.75) is 197 Å². The number of carbonyl (C=O) groups is 6. The van der Waals surface area contributed by atoms with Gasteiger partial charge < -0.3 is 148 Å². The van der Waals surface area contributed by atoms with Gasteiger partial charge in [-0.05, 0) is 48.2 Å². The van der Waals surface area contributed by atoms with Crippen molar-refractivity contribution in [1.29, 1.82) is 0 Å². The summed E-state index contributed by atoms with van der Waals surface area (Å²) in [6.45, 7) is -3.14. The highest BCUT2D eigenvalue weighted by molar-refractivity contribution is 6.30. The summed E-state index contributed by atoms with van der Waals surface area (Å²) in [5.41, 5.74) is 12.8. The second-order valence-corrected chi connectivity index (χ2v) is 25.5. The highest BCUT2D eigenvalue weighted by Crippen LogP contribution is 2.43. The van der Waals surface area contributed by atoms with Crippen molar-refractivity contribution >= 4 is 59.0 Å².